The van der Waals surface area contributed by atoms with Crippen LogP contribution in [-0.2, 0) is 9.84 Å². The second kappa shape index (κ2) is 5.88. The molecule has 0 heterocycles. The van der Waals surface area contributed by atoms with Gasteiger partial charge in [-0.2, -0.15) is 0 Å². The van der Waals surface area contributed by atoms with Crippen molar-refractivity contribution < 1.29 is 13.6 Å². The van der Waals surface area contributed by atoms with Crippen molar-refractivity contribution in [1.29, 1.82) is 0 Å². The third-order valence-corrected chi connectivity index (χ3v) is 5.18. The van der Waals surface area contributed by atoms with Gasteiger partial charge in [-0.25, -0.2) is 8.42 Å². The Balaban J connectivity index is 2.59. The van der Waals surface area contributed by atoms with Crippen molar-refractivity contribution in [3.05, 3.63) is 66.2 Å². The highest BCUT2D eigenvalue weighted by Crippen LogP contribution is 2.30. The molecule has 0 aromatic heterocycles. The van der Waals surface area contributed by atoms with E-state index in [1.807, 2.05) is 0 Å². The van der Waals surface area contributed by atoms with E-state index in [4.69, 9.17) is 5.21 Å². The monoisotopic (exact) mass is 289 g/mol. The van der Waals surface area contributed by atoms with E-state index in [2.05, 4.69) is 5.16 Å². The van der Waals surface area contributed by atoms with Crippen molar-refractivity contribution in [1.82, 2.24) is 0 Å². The summed E-state index contributed by atoms with van der Waals surface area (Å²) in [6.45, 7) is 1.50. The molecule has 2 rings (SSSR count). The fourth-order valence-electron chi connectivity index (χ4n) is 2.07. The molecule has 0 aliphatic heterocycles. The molecule has 0 aliphatic carbocycles. The average molecular weight is 289 g/mol. The highest BCUT2D eigenvalue weighted by Gasteiger charge is 2.31. The lowest BCUT2D eigenvalue weighted by molar-refractivity contribution is 0.317. The first kappa shape index (κ1) is 14.3. The number of nitrogens with zero attached hydrogens (tertiary/aromatic N) is 1. The molecular formula is C15H15NO3S. The largest absolute Gasteiger partial charge is 0.411 e. The molecule has 0 fully saturated rings. The normalized spacial score (nSPS) is 13.9. The van der Waals surface area contributed by atoms with Crippen molar-refractivity contribution >= 4 is 15.5 Å². The Morgan fingerprint density at radius 3 is 2.00 bits per heavy atom. The summed E-state index contributed by atoms with van der Waals surface area (Å²) in [6, 6.07) is 16.9. The Kier molecular flexibility index (Phi) is 4.20. The van der Waals surface area contributed by atoms with Crippen LogP contribution in [0.5, 0.6) is 0 Å². The molecule has 0 aliphatic rings. The highest BCUT2D eigenvalue weighted by molar-refractivity contribution is 7.92. The van der Waals surface area contributed by atoms with E-state index in [0.717, 1.165) is 0 Å². The Morgan fingerprint density at radius 1 is 1.00 bits per heavy atom. The van der Waals surface area contributed by atoms with E-state index in [1.54, 1.807) is 48.5 Å². The first-order valence-corrected chi connectivity index (χ1v) is 7.64. The Hall–Kier alpha value is -2.14. The van der Waals surface area contributed by atoms with Gasteiger partial charge in [-0.1, -0.05) is 53.7 Å². The average Bonchev–Trinajstić information content (AvgIpc) is 2.49. The first-order chi connectivity index (χ1) is 9.57. The molecule has 0 radical (unpaired) electrons. The summed E-state index contributed by atoms with van der Waals surface area (Å²) in [4.78, 5) is 0.205. The van der Waals surface area contributed by atoms with Gasteiger partial charge in [-0.3, -0.25) is 0 Å². The van der Waals surface area contributed by atoms with Gasteiger partial charge in [-0.15, -0.1) is 0 Å². The molecule has 1 unspecified atom stereocenters. The predicted octanol–water partition coefficient (Wildman–Crippen LogP) is 3.05. The first-order valence-electron chi connectivity index (χ1n) is 6.10. The fraction of sp³-hybridized carbons (Fsp3) is 0.133. The zero-order valence-electron chi connectivity index (χ0n) is 11.0. The summed E-state index contributed by atoms with van der Waals surface area (Å²) in [5.74, 6) is 0. The summed E-state index contributed by atoms with van der Waals surface area (Å²) >= 11 is 0. The maximum Gasteiger partial charge on any atom is 0.190 e. The van der Waals surface area contributed by atoms with Crippen molar-refractivity contribution in [3.8, 4) is 0 Å². The van der Waals surface area contributed by atoms with Crippen LogP contribution in [0.2, 0.25) is 0 Å². The Bertz CT molecular complexity index is 694. The third-order valence-electron chi connectivity index (χ3n) is 3.02. The minimum atomic E-state index is -3.66. The van der Waals surface area contributed by atoms with Crippen LogP contribution in [0.1, 0.15) is 17.7 Å². The highest BCUT2D eigenvalue weighted by atomic mass is 32.2. The van der Waals surface area contributed by atoms with Crippen LogP contribution in [0.25, 0.3) is 0 Å². The zero-order chi connectivity index (χ0) is 14.6. The van der Waals surface area contributed by atoms with Crippen LogP contribution in [0.4, 0.5) is 0 Å². The topological polar surface area (TPSA) is 66.7 Å². The lowest BCUT2D eigenvalue weighted by Gasteiger charge is -2.17. The van der Waals surface area contributed by atoms with Crippen LogP contribution < -0.4 is 0 Å². The van der Waals surface area contributed by atoms with E-state index in [-0.39, 0.29) is 10.6 Å². The van der Waals surface area contributed by atoms with E-state index in [9.17, 15) is 8.42 Å². The summed E-state index contributed by atoms with van der Waals surface area (Å²) in [5.41, 5.74) is 0.715. The van der Waals surface area contributed by atoms with E-state index < -0.39 is 15.1 Å². The predicted molar refractivity (Wildman–Crippen MR) is 77.7 cm³/mol. The van der Waals surface area contributed by atoms with Crippen LogP contribution in [0.15, 0.2) is 70.7 Å². The zero-order valence-corrected chi connectivity index (χ0v) is 11.8. The molecular weight excluding hydrogens is 274 g/mol. The van der Waals surface area contributed by atoms with E-state index in [1.165, 1.54) is 19.1 Å². The van der Waals surface area contributed by atoms with Gasteiger partial charge in [-0.05, 0) is 24.6 Å². The lowest BCUT2D eigenvalue weighted by Crippen LogP contribution is -2.20. The number of rotatable bonds is 4. The van der Waals surface area contributed by atoms with Gasteiger partial charge < -0.3 is 5.21 Å². The van der Waals surface area contributed by atoms with Crippen molar-refractivity contribution in [2.75, 3.05) is 0 Å². The number of sulfone groups is 1. The van der Waals surface area contributed by atoms with Gasteiger partial charge >= 0.3 is 0 Å². The molecule has 0 amide bonds. The van der Waals surface area contributed by atoms with Crippen LogP contribution in [0.3, 0.4) is 0 Å². The number of oxime groups is 1. The van der Waals surface area contributed by atoms with Gasteiger partial charge in [0.2, 0.25) is 0 Å². The molecule has 4 nitrogen and oxygen atoms in total. The number of benzene rings is 2. The lowest BCUT2D eigenvalue weighted by atomic mass is 10.1. The molecule has 2 aromatic carbocycles. The number of hydrogen-bond donors (Lipinski definition) is 1. The van der Waals surface area contributed by atoms with E-state index >= 15 is 0 Å². The molecule has 1 N–H and O–H groups in total. The third kappa shape index (κ3) is 2.72. The summed E-state index contributed by atoms with van der Waals surface area (Å²) in [7, 11) is -3.66. The van der Waals surface area contributed by atoms with Crippen molar-refractivity contribution in [2.24, 2.45) is 5.16 Å². The van der Waals surface area contributed by atoms with Crippen molar-refractivity contribution in [2.45, 2.75) is 17.1 Å². The summed E-state index contributed by atoms with van der Waals surface area (Å²) in [6.07, 6.45) is 0. The summed E-state index contributed by atoms with van der Waals surface area (Å²) in [5, 5.41) is 11.1. The van der Waals surface area contributed by atoms with Crippen molar-refractivity contribution in [3.63, 3.8) is 0 Å². The smallest absolute Gasteiger partial charge is 0.190 e. The van der Waals surface area contributed by atoms with Gasteiger partial charge in [0.15, 0.2) is 9.84 Å². The Labute approximate surface area is 118 Å². The van der Waals surface area contributed by atoms with Gasteiger partial charge in [0.1, 0.15) is 5.25 Å². The minimum absolute atomic E-state index is 0.139. The second-order valence-corrected chi connectivity index (χ2v) is 6.42. The van der Waals surface area contributed by atoms with Crippen LogP contribution in [-0.4, -0.2) is 19.3 Å². The Morgan fingerprint density at radius 2 is 1.50 bits per heavy atom. The van der Waals surface area contributed by atoms with Gasteiger partial charge in [0, 0.05) is 0 Å². The van der Waals surface area contributed by atoms with Gasteiger partial charge in [0.05, 0.1) is 10.6 Å². The molecule has 20 heavy (non-hydrogen) atoms. The number of hydrogen-bond acceptors (Lipinski definition) is 4. The quantitative estimate of drug-likeness (QED) is 0.534. The molecule has 1 atom stereocenters. The maximum atomic E-state index is 12.7. The molecule has 0 bridgehead atoms. The molecule has 0 spiro atoms. The maximum absolute atomic E-state index is 12.7. The van der Waals surface area contributed by atoms with E-state index in [0.29, 0.717) is 5.56 Å². The molecule has 0 saturated heterocycles. The second-order valence-electron chi connectivity index (χ2n) is 4.39. The summed E-state index contributed by atoms with van der Waals surface area (Å²) < 4.78 is 25.5. The molecule has 104 valence electrons. The molecule has 0 saturated carbocycles. The minimum Gasteiger partial charge on any atom is -0.411 e. The fourth-order valence-corrected chi connectivity index (χ4v) is 3.89. The van der Waals surface area contributed by atoms with Crippen LogP contribution in [0, 0.1) is 0 Å². The van der Waals surface area contributed by atoms with Gasteiger partial charge in [0.25, 0.3) is 0 Å². The SMILES string of the molecule is CC(=NO)C(c1ccccc1)S(=O)(=O)c1ccccc1. The standard InChI is InChI=1S/C15H15NO3S/c1-12(16-17)15(13-8-4-2-5-9-13)20(18,19)14-10-6-3-7-11-14/h2-11,15,17H,1H3. The molecule has 2 aromatic rings. The molecule has 5 heteroatoms. The van der Waals surface area contributed by atoms with Crippen LogP contribution >= 0.6 is 0 Å².